The van der Waals surface area contributed by atoms with Gasteiger partial charge in [0.2, 0.25) is 15.9 Å². The van der Waals surface area contributed by atoms with Crippen LogP contribution >= 0.6 is 0 Å². The van der Waals surface area contributed by atoms with Crippen LogP contribution in [0.4, 0.5) is 0 Å². The van der Waals surface area contributed by atoms with Gasteiger partial charge in [0, 0.05) is 25.0 Å². The van der Waals surface area contributed by atoms with E-state index in [1.165, 1.54) is 64.2 Å². The van der Waals surface area contributed by atoms with Crippen molar-refractivity contribution in [2.24, 2.45) is 29.6 Å². The normalized spacial score (nSPS) is 27.3. The lowest BCUT2D eigenvalue weighted by atomic mass is 9.69. The Hall–Kier alpha value is -1.92. The molecular formula is C33H46N2O3S. The Kier molecular flexibility index (Phi) is 8.32. The summed E-state index contributed by atoms with van der Waals surface area (Å²) < 4.78 is 28.7. The molecule has 5 nitrogen and oxygen atoms in total. The van der Waals surface area contributed by atoms with Crippen molar-refractivity contribution in [3.63, 3.8) is 0 Å². The minimum atomic E-state index is -3.35. The molecule has 6 heteroatoms. The Bertz CT molecular complexity index is 1230. The maximum atomic E-state index is 13.9. The highest BCUT2D eigenvalue weighted by Crippen LogP contribution is 2.42. The maximum absolute atomic E-state index is 13.9. The largest absolute Gasteiger partial charge is 0.353 e. The summed E-state index contributed by atoms with van der Waals surface area (Å²) in [6, 6.07) is 14.5. The molecule has 0 bridgehead atoms. The number of nitrogens with zero attached hydrogens (tertiary/aromatic N) is 1. The second kappa shape index (κ2) is 11.9. The predicted molar refractivity (Wildman–Crippen MR) is 158 cm³/mol. The smallest absolute Gasteiger partial charge is 0.223 e. The lowest BCUT2D eigenvalue weighted by Gasteiger charge is -2.37. The minimum absolute atomic E-state index is 0.121. The van der Waals surface area contributed by atoms with E-state index in [4.69, 9.17) is 0 Å². The van der Waals surface area contributed by atoms with E-state index in [0.717, 1.165) is 29.2 Å². The molecule has 2 aromatic carbocycles. The zero-order chi connectivity index (χ0) is 26.8. The van der Waals surface area contributed by atoms with Gasteiger partial charge in [0.1, 0.15) is 0 Å². The number of hydrogen-bond donors (Lipinski definition) is 1. The van der Waals surface area contributed by atoms with Gasteiger partial charge in [-0.15, -0.1) is 0 Å². The zero-order valence-corrected chi connectivity index (χ0v) is 24.2. The van der Waals surface area contributed by atoms with E-state index in [0.29, 0.717) is 37.3 Å². The second-order valence-corrected chi connectivity index (χ2v) is 15.0. The van der Waals surface area contributed by atoms with E-state index in [2.05, 4.69) is 29.6 Å². The number of aryl methyl sites for hydroxylation is 1. The number of carbonyl (C=O) groups excluding carboxylic acids is 1. The molecule has 4 fully saturated rings. The molecule has 3 saturated carbocycles. The number of carbonyl (C=O) groups is 1. The molecule has 0 radical (unpaired) electrons. The molecular weight excluding hydrogens is 504 g/mol. The number of amides is 1. The fraction of sp³-hybridized carbons (Fsp3) is 0.667. The molecule has 39 heavy (non-hydrogen) atoms. The molecule has 1 saturated heterocycles. The standard InChI is InChI=1S/C33H46N2O3S/c36-33(32(26-11-3-1-4-12-26)27-13-5-2-6-14-27)34-31-19-18-28-22-35(23-30(28)31)39(37,38)21-20-25-16-9-15-24-10-7-8-17-29(24)25/h7-10,15-17,26-28,30-32H,1-6,11-14,18-23H2,(H,34,36)/t28-,30+,31-/m0/s1. The highest BCUT2D eigenvalue weighted by Gasteiger charge is 2.47. The zero-order valence-electron chi connectivity index (χ0n) is 23.4. The van der Waals surface area contributed by atoms with Crippen LogP contribution in [0.3, 0.4) is 0 Å². The summed E-state index contributed by atoms with van der Waals surface area (Å²) >= 11 is 0. The predicted octanol–water partition coefficient (Wildman–Crippen LogP) is 6.32. The van der Waals surface area contributed by atoms with Crippen molar-refractivity contribution in [1.29, 1.82) is 0 Å². The molecule has 0 unspecified atom stereocenters. The van der Waals surface area contributed by atoms with Crippen molar-refractivity contribution in [3.8, 4) is 0 Å². The van der Waals surface area contributed by atoms with Gasteiger partial charge in [-0.3, -0.25) is 4.79 Å². The summed E-state index contributed by atoms with van der Waals surface area (Å²) in [5.41, 5.74) is 1.10. The van der Waals surface area contributed by atoms with E-state index < -0.39 is 10.0 Å². The number of hydrogen-bond acceptors (Lipinski definition) is 3. The van der Waals surface area contributed by atoms with Crippen LogP contribution in [-0.2, 0) is 21.2 Å². The minimum Gasteiger partial charge on any atom is -0.353 e. The highest BCUT2D eigenvalue weighted by molar-refractivity contribution is 7.89. The van der Waals surface area contributed by atoms with E-state index in [1.54, 1.807) is 4.31 Å². The molecule has 0 aromatic heterocycles. The van der Waals surface area contributed by atoms with Gasteiger partial charge in [0.25, 0.3) is 0 Å². The molecule has 1 aliphatic heterocycles. The van der Waals surface area contributed by atoms with Crippen LogP contribution in [0.15, 0.2) is 42.5 Å². The van der Waals surface area contributed by atoms with Gasteiger partial charge in [-0.25, -0.2) is 12.7 Å². The van der Waals surface area contributed by atoms with Gasteiger partial charge in [-0.05, 0) is 85.0 Å². The van der Waals surface area contributed by atoms with Crippen molar-refractivity contribution in [3.05, 3.63) is 48.0 Å². The van der Waals surface area contributed by atoms with E-state index in [9.17, 15) is 13.2 Å². The van der Waals surface area contributed by atoms with Gasteiger partial charge in [0.05, 0.1) is 5.75 Å². The van der Waals surface area contributed by atoms with Gasteiger partial charge in [-0.2, -0.15) is 0 Å². The first-order valence-electron chi connectivity index (χ1n) is 15.7. The van der Waals surface area contributed by atoms with Crippen LogP contribution in [0.1, 0.15) is 82.6 Å². The molecule has 3 atom stereocenters. The molecule has 2 aromatic rings. The second-order valence-electron chi connectivity index (χ2n) is 13.0. The van der Waals surface area contributed by atoms with Crippen molar-refractivity contribution in [1.82, 2.24) is 9.62 Å². The van der Waals surface area contributed by atoms with E-state index in [1.807, 2.05) is 18.2 Å². The van der Waals surface area contributed by atoms with Crippen LogP contribution < -0.4 is 5.32 Å². The first-order chi connectivity index (χ1) is 19.0. The van der Waals surface area contributed by atoms with Crippen LogP contribution in [0, 0.1) is 29.6 Å². The molecule has 0 spiro atoms. The molecule has 1 amide bonds. The third-order valence-corrected chi connectivity index (χ3v) is 12.5. The average molecular weight is 551 g/mol. The van der Waals surface area contributed by atoms with Crippen molar-refractivity contribution in [2.45, 2.75) is 89.5 Å². The summed E-state index contributed by atoms with van der Waals surface area (Å²) in [6.07, 6.45) is 15.0. The van der Waals surface area contributed by atoms with Crippen LogP contribution in [0.2, 0.25) is 0 Å². The van der Waals surface area contributed by atoms with Gasteiger partial charge >= 0.3 is 0 Å². The fourth-order valence-corrected chi connectivity index (χ4v) is 10.1. The molecule has 1 N–H and O–H groups in total. The summed E-state index contributed by atoms with van der Waals surface area (Å²) in [6.45, 7) is 1.18. The van der Waals surface area contributed by atoms with Gasteiger partial charge < -0.3 is 5.32 Å². The summed E-state index contributed by atoms with van der Waals surface area (Å²) in [5.74, 6) is 2.28. The quantitative estimate of drug-likeness (QED) is 0.419. The Morgan fingerprint density at radius 3 is 2.21 bits per heavy atom. The molecule has 1 heterocycles. The Morgan fingerprint density at radius 2 is 1.49 bits per heavy atom. The van der Waals surface area contributed by atoms with Crippen molar-refractivity contribution in [2.75, 3.05) is 18.8 Å². The molecule has 6 rings (SSSR count). The number of nitrogens with one attached hydrogen (secondary N) is 1. The van der Waals surface area contributed by atoms with E-state index >= 15 is 0 Å². The third kappa shape index (κ3) is 5.93. The van der Waals surface area contributed by atoms with Crippen LogP contribution in [0.25, 0.3) is 10.8 Å². The third-order valence-electron chi connectivity index (χ3n) is 10.7. The molecule has 4 aliphatic rings. The average Bonchev–Trinajstić information content (AvgIpc) is 3.56. The summed E-state index contributed by atoms with van der Waals surface area (Å²) in [4.78, 5) is 13.9. The van der Waals surface area contributed by atoms with Crippen LogP contribution in [-0.4, -0.2) is 43.5 Å². The fourth-order valence-electron chi connectivity index (χ4n) is 8.59. The number of rotatable bonds is 8. The lowest BCUT2D eigenvalue weighted by Crippen LogP contribution is -2.47. The number of fused-ring (bicyclic) bond motifs is 2. The lowest BCUT2D eigenvalue weighted by molar-refractivity contribution is -0.131. The maximum Gasteiger partial charge on any atom is 0.223 e. The number of sulfonamides is 1. The SMILES string of the molecule is O=C(N[C@H]1CC[C@H]2CN(S(=O)(=O)CCc3cccc4ccccc34)C[C@H]21)C(C1CCCCC1)C1CCCCC1. The van der Waals surface area contributed by atoms with Crippen molar-refractivity contribution < 1.29 is 13.2 Å². The molecule has 3 aliphatic carbocycles. The van der Waals surface area contributed by atoms with Gasteiger partial charge in [0.15, 0.2) is 0 Å². The summed E-state index contributed by atoms with van der Waals surface area (Å²) in [5, 5.41) is 5.83. The summed E-state index contributed by atoms with van der Waals surface area (Å²) in [7, 11) is -3.35. The molecule has 212 valence electrons. The highest BCUT2D eigenvalue weighted by atomic mass is 32.2. The monoisotopic (exact) mass is 550 g/mol. The Labute approximate surface area is 235 Å². The van der Waals surface area contributed by atoms with Gasteiger partial charge in [-0.1, -0.05) is 81.0 Å². The van der Waals surface area contributed by atoms with E-state index in [-0.39, 0.29) is 29.5 Å². The first-order valence-corrected chi connectivity index (χ1v) is 17.4. The topological polar surface area (TPSA) is 66.5 Å². The first kappa shape index (κ1) is 27.3. The Balaban J connectivity index is 1.09. The van der Waals surface area contributed by atoms with Crippen molar-refractivity contribution >= 4 is 26.7 Å². The Morgan fingerprint density at radius 1 is 0.821 bits per heavy atom. The van der Waals surface area contributed by atoms with Crippen LogP contribution in [0.5, 0.6) is 0 Å². The number of benzene rings is 2.